The van der Waals surface area contributed by atoms with Crippen LogP contribution < -0.4 is 0 Å². The van der Waals surface area contributed by atoms with Gasteiger partial charge in [-0.15, -0.1) is 0 Å². The predicted octanol–water partition coefficient (Wildman–Crippen LogP) is 5.54. The molecule has 0 spiro atoms. The average molecular weight is 269 g/mol. The molecule has 0 aromatic carbocycles. The summed E-state index contributed by atoms with van der Waals surface area (Å²) in [6.07, 6.45) is 19.0. The van der Waals surface area contributed by atoms with Crippen LogP contribution in [0, 0.1) is 0 Å². The van der Waals surface area contributed by atoms with E-state index >= 15 is 0 Å². The van der Waals surface area contributed by atoms with E-state index in [1.165, 1.54) is 94.5 Å². The van der Waals surface area contributed by atoms with Gasteiger partial charge in [0.1, 0.15) is 0 Å². The van der Waals surface area contributed by atoms with Gasteiger partial charge in [0.05, 0.1) is 26.7 Å². The Morgan fingerprint density at radius 2 is 1.26 bits per heavy atom. The molecular weight excluding hydrogens is 230 g/mol. The van der Waals surface area contributed by atoms with Gasteiger partial charge in [-0.05, 0) is 38.5 Å². The summed E-state index contributed by atoms with van der Waals surface area (Å²) in [5.74, 6) is 0. The highest BCUT2D eigenvalue weighted by Gasteiger charge is 2.28. The van der Waals surface area contributed by atoms with E-state index in [1.54, 1.807) is 0 Å². The molecule has 0 aliphatic heterocycles. The van der Waals surface area contributed by atoms with Crippen molar-refractivity contribution in [1.82, 2.24) is 0 Å². The summed E-state index contributed by atoms with van der Waals surface area (Å²) in [5.41, 5.74) is 0. The van der Waals surface area contributed by atoms with Crippen LogP contribution in [-0.2, 0) is 0 Å². The first-order valence-corrected chi connectivity index (χ1v) is 8.99. The molecule has 0 aromatic heterocycles. The van der Waals surface area contributed by atoms with Gasteiger partial charge in [-0.25, -0.2) is 0 Å². The van der Waals surface area contributed by atoms with Crippen LogP contribution in [0.5, 0.6) is 0 Å². The minimum atomic E-state index is 0.957. The maximum Gasteiger partial charge on any atom is 0.0886 e. The van der Waals surface area contributed by atoms with Gasteiger partial charge in [0, 0.05) is 0 Å². The first kappa shape index (κ1) is 17.0. The fourth-order valence-corrected chi connectivity index (χ4v) is 3.62. The number of rotatable bonds is 10. The van der Waals surface area contributed by atoms with Crippen molar-refractivity contribution < 1.29 is 4.48 Å². The second kappa shape index (κ2) is 9.80. The van der Waals surface area contributed by atoms with Gasteiger partial charge in [-0.1, -0.05) is 51.9 Å². The Hall–Kier alpha value is -0.0400. The summed E-state index contributed by atoms with van der Waals surface area (Å²) in [7, 11) is 4.94. The van der Waals surface area contributed by atoms with Crippen molar-refractivity contribution in [1.29, 1.82) is 0 Å². The van der Waals surface area contributed by atoms with Crippen LogP contribution in [0.1, 0.15) is 90.4 Å². The van der Waals surface area contributed by atoms with Crippen molar-refractivity contribution in [2.75, 3.05) is 20.6 Å². The predicted molar refractivity (Wildman–Crippen MR) is 86.5 cm³/mol. The van der Waals surface area contributed by atoms with Crippen LogP contribution >= 0.6 is 0 Å². The fourth-order valence-electron chi connectivity index (χ4n) is 3.62. The summed E-state index contributed by atoms with van der Waals surface area (Å²) in [4.78, 5) is 0. The third-order valence-corrected chi connectivity index (χ3v) is 5.15. The lowest BCUT2D eigenvalue weighted by molar-refractivity contribution is -0.916. The van der Waals surface area contributed by atoms with E-state index in [1.807, 2.05) is 0 Å². The molecule has 1 heteroatoms. The van der Waals surface area contributed by atoms with Crippen LogP contribution in [0.2, 0.25) is 0 Å². The van der Waals surface area contributed by atoms with E-state index in [0.29, 0.717) is 0 Å². The molecule has 0 saturated heterocycles. The summed E-state index contributed by atoms with van der Waals surface area (Å²) in [6, 6.07) is 0.957. The second-order valence-electron chi connectivity index (χ2n) is 7.27. The molecule has 0 unspecified atom stereocenters. The Kier molecular flexibility index (Phi) is 8.77. The monoisotopic (exact) mass is 268 g/mol. The SMILES string of the molecule is CCCCCCCCCC[N+](C)(C)C1CCCCC1. The van der Waals surface area contributed by atoms with E-state index in [2.05, 4.69) is 21.0 Å². The van der Waals surface area contributed by atoms with Crippen molar-refractivity contribution in [3.05, 3.63) is 0 Å². The number of quaternary nitrogens is 1. The van der Waals surface area contributed by atoms with Crippen LogP contribution in [0.25, 0.3) is 0 Å². The van der Waals surface area contributed by atoms with Gasteiger partial charge in [-0.3, -0.25) is 0 Å². The van der Waals surface area contributed by atoms with Crippen LogP contribution in [0.15, 0.2) is 0 Å². The lowest BCUT2D eigenvalue weighted by Crippen LogP contribution is -2.50. The Bertz CT molecular complexity index is 204. The van der Waals surface area contributed by atoms with Crippen molar-refractivity contribution in [2.45, 2.75) is 96.4 Å². The Morgan fingerprint density at radius 1 is 0.737 bits per heavy atom. The summed E-state index contributed by atoms with van der Waals surface area (Å²) in [6.45, 7) is 3.70. The maximum atomic E-state index is 2.47. The quantitative estimate of drug-likeness (QED) is 0.361. The smallest absolute Gasteiger partial charge is 0.0886 e. The average Bonchev–Trinajstić information content (AvgIpc) is 2.43. The highest BCUT2D eigenvalue weighted by molar-refractivity contribution is 4.65. The molecule has 114 valence electrons. The highest BCUT2D eigenvalue weighted by atomic mass is 15.3. The molecule has 0 amide bonds. The third-order valence-electron chi connectivity index (χ3n) is 5.15. The van der Waals surface area contributed by atoms with E-state index in [0.717, 1.165) is 6.04 Å². The lowest BCUT2D eigenvalue weighted by atomic mass is 9.93. The van der Waals surface area contributed by atoms with Crippen LogP contribution in [0.4, 0.5) is 0 Å². The van der Waals surface area contributed by atoms with E-state index < -0.39 is 0 Å². The highest BCUT2D eigenvalue weighted by Crippen LogP contribution is 2.26. The van der Waals surface area contributed by atoms with Crippen molar-refractivity contribution >= 4 is 0 Å². The van der Waals surface area contributed by atoms with Crippen molar-refractivity contribution in [2.24, 2.45) is 0 Å². The molecule has 1 aliphatic rings. The molecule has 0 atom stereocenters. The fraction of sp³-hybridized carbons (Fsp3) is 1.00. The standard InChI is InChI=1S/C18H38N/c1-4-5-6-7-8-9-10-14-17-19(2,3)18-15-12-11-13-16-18/h18H,4-17H2,1-3H3/q+1. The van der Waals surface area contributed by atoms with E-state index in [9.17, 15) is 0 Å². The molecule has 19 heavy (non-hydrogen) atoms. The minimum absolute atomic E-state index is 0.957. The summed E-state index contributed by atoms with van der Waals surface area (Å²) in [5, 5.41) is 0. The minimum Gasteiger partial charge on any atom is -0.326 e. The zero-order chi connectivity index (χ0) is 14.0. The zero-order valence-corrected chi connectivity index (χ0v) is 13.9. The van der Waals surface area contributed by atoms with Crippen molar-refractivity contribution in [3.63, 3.8) is 0 Å². The second-order valence-corrected chi connectivity index (χ2v) is 7.27. The van der Waals surface area contributed by atoms with Gasteiger partial charge in [-0.2, -0.15) is 0 Å². The molecule has 1 rings (SSSR count). The van der Waals surface area contributed by atoms with Crippen LogP contribution in [-0.4, -0.2) is 31.2 Å². The maximum absolute atomic E-state index is 2.47. The molecule has 0 N–H and O–H groups in total. The topological polar surface area (TPSA) is 0 Å². The molecule has 1 fully saturated rings. The van der Waals surface area contributed by atoms with Gasteiger partial charge in [0.2, 0.25) is 0 Å². The molecule has 1 aliphatic carbocycles. The van der Waals surface area contributed by atoms with E-state index in [-0.39, 0.29) is 0 Å². The van der Waals surface area contributed by atoms with Gasteiger partial charge >= 0.3 is 0 Å². The lowest BCUT2D eigenvalue weighted by Gasteiger charge is -2.40. The molecule has 1 nitrogen and oxygen atoms in total. The van der Waals surface area contributed by atoms with E-state index in [4.69, 9.17) is 0 Å². The first-order valence-electron chi connectivity index (χ1n) is 8.99. The zero-order valence-electron chi connectivity index (χ0n) is 13.9. The Balaban J connectivity index is 2.00. The molecule has 0 heterocycles. The Morgan fingerprint density at radius 3 is 1.84 bits per heavy atom. The molecule has 0 bridgehead atoms. The molecule has 0 radical (unpaired) electrons. The summed E-state index contributed by atoms with van der Waals surface area (Å²) >= 11 is 0. The number of nitrogens with zero attached hydrogens (tertiary/aromatic N) is 1. The third kappa shape index (κ3) is 7.34. The first-order chi connectivity index (χ1) is 9.17. The Labute approximate surface area is 122 Å². The van der Waals surface area contributed by atoms with Gasteiger partial charge < -0.3 is 4.48 Å². The number of hydrogen-bond acceptors (Lipinski definition) is 0. The largest absolute Gasteiger partial charge is 0.326 e. The number of hydrogen-bond donors (Lipinski definition) is 0. The van der Waals surface area contributed by atoms with Gasteiger partial charge in [0.25, 0.3) is 0 Å². The van der Waals surface area contributed by atoms with Gasteiger partial charge in [0.15, 0.2) is 0 Å². The molecule has 0 aromatic rings. The number of unbranched alkanes of at least 4 members (excludes halogenated alkanes) is 7. The van der Waals surface area contributed by atoms with Crippen LogP contribution in [0.3, 0.4) is 0 Å². The molecule has 1 saturated carbocycles. The van der Waals surface area contributed by atoms with Crippen molar-refractivity contribution in [3.8, 4) is 0 Å². The molecular formula is C18H38N+. The normalized spacial score (nSPS) is 17.8. The summed E-state index contributed by atoms with van der Waals surface area (Å²) < 4.78 is 1.29.